The van der Waals surface area contributed by atoms with Gasteiger partial charge in [-0.25, -0.2) is 19.3 Å². The van der Waals surface area contributed by atoms with Crippen LogP contribution in [0.5, 0.6) is 11.5 Å². The molecule has 0 aliphatic heterocycles. The predicted molar refractivity (Wildman–Crippen MR) is 141 cm³/mol. The van der Waals surface area contributed by atoms with Gasteiger partial charge in [0.15, 0.2) is 0 Å². The van der Waals surface area contributed by atoms with E-state index in [4.69, 9.17) is 14.2 Å². The number of carbonyl (C=O) groups excluding carboxylic acids is 1. The smallest absolute Gasteiger partial charge is 0.420 e. The zero-order valence-corrected chi connectivity index (χ0v) is 23.1. The first-order valence-corrected chi connectivity index (χ1v) is 14.7. The van der Waals surface area contributed by atoms with Crippen molar-refractivity contribution < 1.29 is 33.1 Å². The lowest BCUT2D eigenvalue weighted by Crippen LogP contribution is -2.19. The standard InChI is InChI=1S/C22H26N4O8S3/c1-14-12-23-21(15(2)20(14)32-4)37(30)13-19-24-17-6-5-16(31-3)11-18(17)25(19)22(27)33-7-9-35-36-10-8-34-26(28)29/h5-6,11-12H,7-10,13H2,1-4H3. The largest absolute Gasteiger partial charge is 0.497 e. The zero-order chi connectivity index (χ0) is 26.9. The topological polar surface area (TPSA) is 145 Å². The van der Waals surface area contributed by atoms with E-state index in [-0.39, 0.29) is 24.8 Å². The summed E-state index contributed by atoms with van der Waals surface area (Å²) in [6.07, 6.45) is 0.927. The summed E-state index contributed by atoms with van der Waals surface area (Å²) < 4.78 is 30.8. The summed E-state index contributed by atoms with van der Waals surface area (Å²) in [6, 6.07) is 5.09. The Morgan fingerprint density at radius 2 is 1.89 bits per heavy atom. The lowest BCUT2D eigenvalue weighted by molar-refractivity contribution is -0.756. The van der Waals surface area contributed by atoms with Gasteiger partial charge in [0.05, 0.1) is 41.8 Å². The van der Waals surface area contributed by atoms with Gasteiger partial charge in [0.1, 0.15) is 35.6 Å². The number of pyridine rings is 1. The molecule has 37 heavy (non-hydrogen) atoms. The van der Waals surface area contributed by atoms with E-state index in [9.17, 15) is 19.1 Å². The van der Waals surface area contributed by atoms with E-state index < -0.39 is 22.0 Å². The van der Waals surface area contributed by atoms with Gasteiger partial charge in [-0.3, -0.25) is 4.21 Å². The third kappa shape index (κ3) is 7.26. The lowest BCUT2D eigenvalue weighted by Gasteiger charge is -2.12. The Kier molecular flexibility index (Phi) is 10.4. The number of aromatic nitrogens is 3. The minimum atomic E-state index is -1.62. The van der Waals surface area contributed by atoms with Crippen molar-refractivity contribution in [3.8, 4) is 11.5 Å². The van der Waals surface area contributed by atoms with Gasteiger partial charge in [0.25, 0.3) is 5.09 Å². The van der Waals surface area contributed by atoms with Crippen LogP contribution in [-0.4, -0.2) is 68.9 Å². The fraction of sp³-hybridized carbons (Fsp3) is 0.409. The molecule has 0 radical (unpaired) electrons. The molecule has 0 saturated heterocycles. The monoisotopic (exact) mass is 570 g/mol. The molecule has 2 heterocycles. The Balaban J connectivity index is 1.77. The molecule has 1 atom stereocenters. The van der Waals surface area contributed by atoms with Crippen molar-refractivity contribution in [3.05, 3.63) is 51.5 Å². The molecule has 0 amide bonds. The van der Waals surface area contributed by atoms with Gasteiger partial charge >= 0.3 is 6.09 Å². The Hall–Kier alpha value is -3.04. The highest BCUT2D eigenvalue weighted by Gasteiger charge is 2.23. The molecule has 200 valence electrons. The van der Waals surface area contributed by atoms with Crippen LogP contribution in [0, 0.1) is 24.0 Å². The second kappa shape index (κ2) is 13.5. The maximum atomic E-state index is 13.3. The van der Waals surface area contributed by atoms with Crippen molar-refractivity contribution in [2.24, 2.45) is 0 Å². The molecule has 0 N–H and O–H groups in total. The molecule has 0 fully saturated rings. The predicted octanol–water partition coefficient (Wildman–Crippen LogP) is 3.95. The minimum absolute atomic E-state index is 0.0188. The Morgan fingerprint density at radius 3 is 2.57 bits per heavy atom. The highest BCUT2D eigenvalue weighted by molar-refractivity contribution is 8.76. The molecule has 0 saturated carbocycles. The molecule has 2 aromatic heterocycles. The van der Waals surface area contributed by atoms with Crippen LogP contribution in [0.2, 0.25) is 0 Å². The number of benzene rings is 1. The summed E-state index contributed by atoms with van der Waals surface area (Å²) in [5, 5.41) is 9.67. The average Bonchev–Trinajstić information content (AvgIpc) is 3.22. The molecule has 3 aromatic rings. The third-order valence-electron chi connectivity index (χ3n) is 5.03. The average molecular weight is 571 g/mol. The molecule has 0 spiro atoms. The van der Waals surface area contributed by atoms with Crippen LogP contribution in [-0.2, 0) is 26.1 Å². The number of ether oxygens (including phenoxy) is 3. The molecule has 12 nitrogen and oxygen atoms in total. The summed E-state index contributed by atoms with van der Waals surface area (Å²) in [7, 11) is 4.20. The molecular weight excluding hydrogens is 544 g/mol. The Labute approximate surface area is 223 Å². The number of methoxy groups -OCH3 is 2. The van der Waals surface area contributed by atoms with Gasteiger partial charge in [-0.15, -0.1) is 10.1 Å². The van der Waals surface area contributed by atoms with Gasteiger partial charge in [-0.1, -0.05) is 21.6 Å². The minimum Gasteiger partial charge on any atom is -0.497 e. The van der Waals surface area contributed by atoms with E-state index in [1.54, 1.807) is 38.4 Å². The fourth-order valence-corrected chi connectivity index (χ4v) is 6.27. The second-order valence-electron chi connectivity index (χ2n) is 7.43. The van der Waals surface area contributed by atoms with Crippen LogP contribution in [0.25, 0.3) is 11.0 Å². The normalized spacial score (nSPS) is 11.8. The number of hydrogen-bond donors (Lipinski definition) is 0. The highest BCUT2D eigenvalue weighted by Crippen LogP contribution is 2.28. The molecular formula is C22H26N4O8S3. The first-order valence-electron chi connectivity index (χ1n) is 10.9. The summed E-state index contributed by atoms with van der Waals surface area (Å²) >= 11 is 0. The molecule has 0 aliphatic carbocycles. The number of imidazole rings is 1. The Bertz CT molecular complexity index is 1300. The van der Waals surface area contributed by atoms with E-state index in [0.717, 1.165) is 5.56 Å². The van der Waals surface area contributed by atoms with Crippen LogP contribution in [0.3, 0.4) is 0 Å². The number of aryl methyl sites for hydroxylation is 1. The lowest BCUT2D eigenvalue weighted by atomic mass is 10.2. The molecule has 1 unspecified atom stereocenters. The molecule has 0 aliphatic rings. The van der Waals surface area contributed by atoms with Gasteiger partial charge in [-0.05, 0) is 26.0 Å². The van der Waals surface area contributed by atoms with Crippen LogP contribution in [0.4, 0.5) is 4.79 Å². The van der Waals surface area contributed by atoms with Crippen molar-refractivity contribution >= 4 is 49.5 Å². The van der Waals surface area contributed by atoms with E-state index in [2.05, 4.69) is 14.8 Å². The summed E-state index contributed by atoms with van der Waals surface area (Å²) in [5.41, 5.74) is 2.46. The fourth-order valence-electron chi connectivity index (χ4n) is 3.46. The maximum absolute atomic E-state index is 13.3. The van der Waals surface area contributed by atoms with Crippen molar-refractivity contribution in [2.75, 3.05) is 38.9 Å². The molecule has 15 heteroatoms. The first-order chi connectivity index (χ1) is 17.8. The highest BCUT2D eigenvalue weighted by atomic mass is 33.1. The van der Waals surface area contributed by atoms with Crippen molar-refractivity contribution in [2.45, 2.75) is 24.6 Å². The van der Waals surface area contributed by atoms with Crippen molar-refractivity contribution in [1.29, 1.82) is 0 Å². The van der Waals surface area contributed by atoms with Crippen LogP contribution < -0.4 is 9.47 Å². The second-order valence-corrected chi connectivity index (χ2v) is 11.5. The van der Waals surface area contributed by atoms with Gasteiger partial charge < -0.3 is 19.0 Å². The number of fused-ring (bicyclic) bond motifs is 1. The van der Waals surface area contributed by atoms with Crippen LogP contribution in [0.15, 0.2) is 29.4 Å². The van der Waals surface area contributed by atoms with Gasteiger partial charge in [-0.2, -0.15) is 0 Å². The van der Waals surface area contributed by atoms with Crippen LogP contribution in [0.1, 0.15) is 17.0 Å². The van der Waals surface area contributed by atoms with E-state index in [0.29, 0.717) is 44.6 Å². The van der Waals surface area contributed by atoms with Crippen molar-refractivity contribution in [1.82, 2.24) is 14.5 Å². The zero-order valence-electron chi connectivity index (χ0n) is 20.6. The Morgan fingerprint density at radius 1 is 1.16 bits per heavy atom. The van der Waals surface area contributed by atoms with Gasteiger partial charge in [0, 0.05) is 34.9 Å². The molecule has 3 rings (SSSR count). The van der Waals surface area contributed by atoms with Crippen LogP contribution >= 0.6 is 21.6 Å². The molecule has 1 aromatic carbocycles. The SMILES string of the molecule is COc1ccc2nc(CS(=O)c3ncc(C)c(OC)c3C)n(C(=O)OCCSSCCO[N+](=O)[O-])c2c1. The number of hydrogen-bond acceptors (Lipinski definition) is 12. The number of rotatable bonds is 13. The van der Waals surface area contributed by atoms with Crippen molar-refractivity contribution in [3.63, 3.8) is 0 Å². The van der Waals surface area contributed by atoms with E-state index in [1.165, 1.54) is 33.3 Å². The summed E-state index contributed by atoms with van der Waals surface area (Å²) in [6.45, 7) is 3.71. The summed E-state index contributed by atoms with van der Waals surface area (Å²) in [4.78, 5) is 36.4. The quantitative estimate of drug-likeness (QED) is 0.127. The van der Waals surface area contributed by atoms with E-state index >= 15 is 0 Å². The molecule has 0 bridgehead atoms. The summed E-state index contributed by atoms with van der Waals surface area (Å²) in [5.74, 6) is 2.19. The number of carbonyl (C=O) groups is 1. The van der Waals surface area contributed by atoms with E-state index in [1.807, 2.05) is 6.92 Å². The maximum Gasteiger partial charge on any atom is 0.420 e. The van der Waals surface area contributed by atoms with Gasteiger partial charge in [0.2, 0.25) is 0 Å². The first kappa shape index (κ1) is 28.5. The number of nitrogens with zero attached hydrogens (tertiary/aromatic N) is 4. The third-order valence-corrected chi connectivity index (χ3v) is 8.72.